The number of likely N-dealkylation sites (N-methyl/N-ethyl adjacent to an activating group) is 1. The van der Waals surface area contributed by atoms with E-state index in [1.54, 1.807) is 0 Å². The molecular weight excluding hydrogens is 983 g/mol. The SMILES string of the molecule is CC/C=C\C/C=C\C/C=C\C/C=C\C/C=C\CCCCCCCC(=O)OC(COC(=O)CCCCCCCCCCCCCCCCCCCC/C=C\C/C=C\C/C=C\CCCCCCC)COC(OCC[N+](C)(C)C)C(=O)[O-]. The number of carbonyl (C=O) groups is 3. The third kappa shape index (κ3) is 61.7. The molecule has 2 unspecified atom stereocenters. The number of aliphatic carboxylic acids is 1. The average molecular weight is 1100 g/mol. The average Bonchev–Trinajstić information content (AvgIpc) is 3.42. The largest absolute Gasteiger partial charge is 0.545 e. The normalized spacial score (nSPS) is 13.4. The Morgan fingerprint density at radius 2 is 0.722 bits per heavy atom. The van der Waals surface area contributed by atoms with E-state index in [1.807, 2.05) is 21.1 Å². The Morgan fingerprint density at radius 1 is 0.392 bits per heavy atom. The fourth-order valence-electron chi connectivity index (χ4n) is 8.87. The number of unbranched alkanes of at least 4 members (excludes halogenated alkanes) is 28. The van der Waals surface area contributed by atoms with E-state index in [4.69, 9.17) is 18.9 Å². The van der Waals surface area contributed by atoms with Gasteiger partial charge in [0.1, 0.15) is 13.2 Å². The van der Waals surface area contributed by atoms with Crippen molar-refractivity contribution in [3.05, 3.63) is 97.2 Å². The number of hydrogen-bond donors (Lipinski definition) is 0. The lowest BCUT2D eigenvalue weighted by Crippen LogP contribution is -2.44. The number of ether oxygens (including phenoxy) is 4. The lowest BCUT2D eigenvalue weighted by atomic mass is 10.0. The van der Waals surface area contributed by atoms with Gasteiger partial charge in [0.05, 0.1) is 40.3 Å². The molecule has 79 heavy (non-hydrogen) atoms. The van der Waals surface area contributed by atoms with Crippen LogP contribution in [0.4, 0.5) is 0 Å². The summed E-state index contributed by atoms with van der Waals surface area (Å²) in [5.74, 6) is -2.31. The predicted molar refractivity (Wildman–Crippen MR) is 334 cm³/mol. The van der Waals surface area contributed by atoms with E-state index in [-0.39, 0.29) is 38.6 Å². The maximum atomic E-state index is 12.9. The molecule has 0 aliphatic carbocycles. The van der Waals surface area contributed by atoms with Gasteiger partial charge in [-0.15, -0.1) is 0 Å². The van der Waals surface area contributed by atoms with E-state index in [0.717, 1.165) is 96.3 Å². The molecule has 9 heteroatoms. The van der Waals surface area contributed by atoms with Crippen molar-refractivity contribution in [3.8, 4) is 0 Å². The smallest absolute Gasteiger partial charge is 0.306 e. The van der Waals surface area contributed by atoms with Gasteiger partial charge in [-0.1, -0.05) is 259 Å². The van der Waals surface area contributed by atoms with Gasteiger partial charge in [0.2, 0.25) is 0 Å². The molecule has 0 saturated heterocycles. The second-order valence-corrected chi connectivity index (χ2v) is 22.7. The Kier molecular flexibility index (Phi) is 57.4. The number of allylic oxidation sites excluding steroid dienone is 16. The second-order valence-electron chi connectivity index (χ2n) is 22.7. The quantitative estimate of drug-likeness (QED) is 0.0195. The molecule has 0 aliphatic heterocycles. The molecule has 9 nitrogen and oxygen atoms in total. The molecule has 0 rings (SSSR count). The first kappa shape index (κ1) is 75.2. The van der Waals surface area contributed by atoms with Gasteiger partial charge >= 0.3 is 11.9 Å². The van der Waals surface area contributed by atoms with Crippen molar-refractivity contribution < 1.29 is 42.9 Å². The highest BCUT2D eigenvalue weighted by Crippen LogP contribution is 2.16. The molecule has 0 amide bonds. The molecule has 0 aromatic rings. The summed E-state index contributed by atoms with van der Waals surface area (Å²) in [6.45, 7) is 4.61. The van der Waals surface area contributed by atoms with Crippen LogP contribution in [0.15, 0.2) is 97.2 Å². The number of carbonyl (C=O) groups excluding carboxylic acids is 3. The molecule has 0 N–H and O–H groups in total. The van der Waals surface area contributed by atoms with Crippen molar-refractivity contribution >= 4 is 17.9 Å². The maximum absolute atomic E-state index is 12.9. The van der Waals surface area contributed by atoms with Gasteiger partial charge in [0, 0.05) is 12.8 Å². The molecule has 0 saturated carbocycles. The molecule has 0 aliphatic rings. The monoisotopic (exact) mass is 1100 g/mol. The molecule has 0 spiro atoms. The summed E-state index contributed by atoms with van der Waals surface area (Å²) in [5.41, 5.74) is 0. The maximum Gasteiger partial charge on any atom is 0.306 e. The van der Waals surface area contributed by atoms with Crippen LogP contribution in [0, 0.1) is 0 Å². The number of nitrogens with zero attached hydrogens (tertiary/aromatic N) is 1. The van der Waals surface area contributed by atoms with E-state index >= 15 is 0 Å². The van der Waals surface area contributed by atoms with E-state index in [0.29, 0.717) is 17.4 Å². The van der Waals surface area contributed by atoms with Crippen LogP contribution in [0.1, 0.15) is 271 Å². The highest BCUT2D eigenvalue weighted by atomic mass is 16.7. The summed E-state index contributed by atoms with van der Waals surface area (Å²) in [6.07, 6.45) is 79.0. The lowest BCUT2D eigenvalue weighted by molar-refractivity contribution is -0.870. The van der Waals surface area contributed by atoms with Crippen LogP contribution in [0.2, 0.25) is 0 Å². The molecule has 0 aromatic heterocycles. The van der Waals surface area contributed by atoms with Gasteiger partial charge < -0.3 is 33.3 Å². The standard InChI is InChI=1S/C70H121NO8/c1-6-8-10-12-14-16-18-20-22-24-26-28-29-30-31-32-33-34-35-36-37-38-39-41-42-44-46-48-50-52-54-56-58-60-67(72)77-64-66(65-78-70(69(74)75)76-63-62-71(3,4)5)79-68(73)61-59-57-55-53-51-49-47-45-43-40-27-25-23-21-19-17-15-13-11-9-7-2/h9,11,15,17-18,20-21,23-24,26-27,29-30,40,45,47,66,70H,6-8,10,12-14,16,19,22,25,28,31-39,41-44,46,48-65H2,1-5H3/b11-9-,17-15-,20-18-,23-21-,26-24-,30-29-,40-27-,47-45-. The van der Waals surface area contributed by atoms with Gasteiger partial charge in [-0.3, -0.25) is 9.59 Å². The van der Waals surface area contributed by atoms with Gasteiger partial charge in [0.15, 0.2) is 12.4 Å². The van der Waals surface area contributed by atoms with Crippen LogP contribution >= 0.6 is 0 Å². The summed E-state index contributed by atoms with van der Waals surface area (Å²) in [6, 6.07) is 0. The van der Waals surface area contributed by atoms with Crippen molar-refractivity contribution in [2.45, 2.75) is 283 Å². The predicted octanol–water partition coefficient (Wildman–Crippen LogP) is 18.4. The minimum atomic E-state index is -1.63. The number of quaternary nitrogens is 1. The highest BCUT2D eigenvalue weighted by molar-refractivity contribution is 5.70. The topological polar surface area (TPSA) is 111 Å². The van der Waals surface area contributed by atoms with Gasteiger partial charge in [-0.05, 0) is 96.3 Å². The summed E-state index contributed by atoms with van der Waals surface area (Å²) < 4.78 is 22.7. The van der Waals surface area contributed by atoms with Crippen LogP contribution in [0.3, 0.4) is 0 Å². The van der Waals surface area contributed by atoms with Crippen molar-refractivity contribution in [3.63, 3.8) is 0 Å². The van der Waals surface area contributed by atoms with Gasteiger partial charge in [-0.25, -0.2) is 0 Å². The Labute approximate surface area is 486 Å². The van der Waals surface area contributed by atoms with Crippen LogP contribution in [0.5, 0.6) is 0 Å². The first-order chi connectivity index (χ1) is 38.6. The number of hydrogen-bond acceptors (Lipinski definition) is 8. The van der Waals surface area contributed by atoms with E-state index in [9.17, 15) is 19.5 Å². The molecular formula is C70H121NO8. The molecule has 0 heterocycles. The molecule has 454 valence electrons. The Balaban J connectivity index is 4.14. The molecule has 0 aromatic carbocycles. The Morgan fingerprint density at radius 3 is 1.08 bits per heavy atom. The second kappa shape index (κ2) is 60.3. The zero-order valence-electron chi connectivity index (χ0n) is 51.7. The Hall–Kier alpha value is -3.79. The summed E-state index contributed by atoms with van der Waals surface area (Å²) in [7, 11) is 5.92. The summed E-state index contributed by atoms with van der Waals surface area (Å²) in [4.78, 5) is 37.4. The van der Waals surface area contributed by atoms with Crippen LogP contribution < -0.4 is 5.11 Å². The minimum Gasteiger partial charge on any atom is -0.545 e. The number of esters is 2. The number of carboxylic acid groups (broad SMARTS) is 1. The van der Waals surface area contributed by atoms with Crippen molar-refractivity contribution in [2.24, 2.45) is 0 Å². The number of carboxylic acids is 1. The zero-order valence-corrected chi connectivity index (χ0v) is 51.7. The first-order valence-electron chi connectivity index (χ1n) is 32.4. The third-order valence-corrected chi connectivity index (χ3v) is 13.8. The molecule has 2 atom stereocenters. The van der Waals surface area contributed by atoms with Gasteiger partial charge in [0.25, 0.3) is 0 Å². The van der Waals surface area contributed by atoms with Crippen molar-refractivity contribution in [1.82, 2.24) is 0 Å². The van der Waals surface area contributed by atoms with Crippen LogP contribution in [-0.2, 0) is 33.3 Å². The van der Waals surface area contributed by atoms with E-state index in [2.05, 4.69) is 111 Å². The highest BCUT2D eigenvalue weighted by Gasteiger charge is 2.22. The van der Waals surface area contributed by atoms with Crippen LogP contribution in [0.25, 0.3) is 0 Å². The third-order valence-electron chi connectivity index (χ3n) is 13.8. The number of rotatable bonds is 59. The fourth-order valence-corrected chi connectivity index (χ4v) is 8.87. The first-order valence-corrected chi connectivity index (χ1v) is 32.4. The van der Waals surface area contributed by atoms with Crippen molar-refractivity contribution in [2.75, 3.05) is 47.5 Å². The molecule has 0 bridgehead atoms. The van der Waals surface area contributed by atoms with Gasteiger partial charge in [-0.2, -0.15) is 0 Å². The van der Waals surface area contributed by atoms with E-state index < -0.39 is 24.3 Å². The Bertz CT molecular complexity index is 1620. The molecule has 0 radical (unpaired) electrons. The fraction of sp³-hybridized carbons (Fsp3) is 0.729. The summed E-state index contributed by atoms with van der Waals surface area (Å²) in [5, 5.41) is 11.8. The summed E-state index contributed by atoms with van der Waals surface area (Å²) >= 11 is 0. The van der Waals surface area contributed by atoms with Crippen molar-refractivity contribution in [1.29, 1.82) is 0 Å². The molecule has 0 fully saturated rings. The lowest BCUT2D eigenvalue weighted by Gasteiger charge is -2.26. The van der Waals surface area contributed by atoms with Crippen LogP contribution in [-0.4, -0.2) is 82.3 Å². The van der Waals surface area contributed by atoms with E-state index in [1.165, 1.54) is 141 Å². The zero-order chi connectivity index (χ0) is 57.6. The minimum absolute atomic E-state index is 0.140.